The summed E-state index contributed by atoms with van der Waals surface area (Å²) in [7, 11) is -4.40. The van der Waals surface area contributed by atoms with Crippen molar-refractivity contribution in [3.63, 3.8) is 0 Å². The molecule has 0 aliphatic heterocycles. The largest absolute Gasteiger partial charge is 0.209 e. The maximum absolute atomic E-state index is 7.36. The number of benzene rings is 4. The van der Waals surface area contributed by atoms with E-state index in [1.165, 1.54) is 21.2 Å². The topological polar surface area (TPSA) is 52.0 Å². The fourth-order valence-electron chi connectivity index (χ4n) is 3.75. The van der Waals surface area contributed by atoms with Crippen molar-refractivity contribution in [2.45, 2.75) is 0 Å². The van der Waals surface area contributed by atoms with Gasteiger partial charge in [0, 0.05) is 0 Å². The van der Waals surface area contributed by atoms with Crippen molar-refractivity contribution in [3.05, 3.63) is 121 Å². The average Bonchev–Trinajstić information content (AvgIpc) is 2.81. The first-order valence-electron chi connectivity index (χ1n) is 9.69. The summed E-state index contributed by atoms with van der Waals surface area (Å²) in [6.45, 7) is 0. The van der Waals surface area contributed by atoms with Crippen LogP contribution in [-0.2, 0) is 0 Å². The van der Waals surface area contributed by atoms with Crippen molar-refractivity contribution in [2.75, 3.05) is 5.90 Å². The van der Waals surface area contributed by atoms with Gasteiger partial charge in [-0.2, -0.15) is 11.0 Å². The van der Waals surface area contributed by atoms with Crippen LogP contribution in [-0.4, -0.2) is 5.90 Å². The first-order chi connectivity index (χ1) is 14.1. The Morgan fingerprint density at radius 3 is 0.793 bits per heavy atom. The second-order valence-electron chi connectivity index (χ2n) is 7.22. The zero-order chi connectivity index (χ0) is 20.2. The molecule has 2 nitrogen and oxygen atoms in total. The van der Waals surface area contributed by atoms with Gasteiger partial charge < -0.3 is 0 Å². The van der Waals surface area contributed by atoms with Crippen molar-refractivity contribution >= 4 is 36.0 Å². The van der Waals surface area contributed by atoms with E-state index >= 15 is 0 Å². The van der Waals surface area contributed by atoms with Gasteiger partial charge in [0.15, 0.2) is 14.8 Å². The molecule has 0 amide bonds. The summed E-state index contributed by atoms with van der Waals surface area (Å²) in [5.74, 6) is 0.752. The average molecular weight is 416 g/mol. The Hall–Kier alpha value is -2.34. The molecule has 0 saturated carbocycles. The molecule has 4 rings (SSSR count). The molecule has 0 bridgehead atoms. The van der Waals surface area contributed by atoms with E-state index in [0.717, 1.165) is 5.90 Å². The molecule has 0 unspecified atom stereocenters. The maximum atomic E-state index is 7.36. The van der Waals surface area contributed by atoms with Crippen molar-refractivity contribution in [2.24, 2.45) is 11.0 Å². The molecular weight excluding hydrogens is 390 g/mol. The van der Waals surface area contributed by atoms with Gasteiger partial charge in [0.05, 0.1) is 0 Å². The van der Waals surface area contributed by atoms with Crippen LogP contribution in [0.3, 0.4) is 0 Å². The van der Waals surface area contributed by atoms with Gasteiger partial charge in [0.25, 0.3) is 0 Å². The minimum absolute atomic E-state index is 0.752. The third-order valence-corrected chi connectivity index (χ3v) is 13.8. The highest BCUT2D eigenvalue weighted by molar-refractivity contribution is 8.02. The van der Waals surface area contributed by atoms with Crippen LogP contribution in [0.2, 0.25) is 0 Å². The summed E-state index contributed by atoms with van der Waals surface area (Å²) in [5, 5.41) is 4.75. The molecule has 0 saturated heterocycles. The fourth-order valence-corrected chi connectivity index (χ4v) is 12.6. The molecule has 0 heterocycles. The van der Waals surface area contributed by atoms with Gasteiger partial charge in [-0.15, -0.1) is 0 Å². The molecule has 0 aromatic heterocycles. The number of hydrogen-bond donors (Lipinski definition) is 2. The number of nitrogens with two attached hydrogens (primary N) is 2. The summed E-state index contributed by atoms with van der Waals surface area (Å²) >= 11 is 0. The molecule has 0 aliphatic rings. The highest BCUT2D eigenvalue weighted by Crippen LogP contribution is 2.64. The van der Waals surface area contributed by atoms with Crippen molar-refractivity contribution in [1.82, 2.24) is 0 Å². The normalized spacial score (nSPS) is 11.9. The van der Waals surface area contributed by atoms with E-state index in [0.29, 0.717) is 0 Å². The highest BCUT2D eigenvalue weighted by atomic mass is 31.2. The van der Waals surface area contributed by atoms with Gasteiger partial charge >= 0.3 is 0 Å². The Bertz CT molecular complexity index is 873. The molecule has 29 heavy (non-hydrogen) atoms. The van der Waals surface area contributed by atoms with Gasteiger partial charge in [0.1, 0.15) is 21.2 Å². The van der Waals surface area contributed by atoms with Crippen LogP contribution in [0.15, 0.2) is 121 Å². The Labute approximate surface area is 174 Å². The van der Waals surface area contributed by atoms with Crippen LogP contribution in [0, 0.1) is 0 Å². The van der Waals surface area contributed by atoms with Crippen LogP contribution < -0.4 is 32.2 Å². The molecular formula is C25H26N2P2+2. The first kappa shape index (κ1) is 20.0. The van der Waals surface area contributed by atoms with E-state index in [4.69, 9.17) is 11.0 Å². The molecule has 4 N–H and O–H groups in total. The molecule has 144 valence electrons. The third-order valence-electron chi connectivity index (χ3n) is 5.31. The Kier molecular flexibility index (Phi) is 5.90. The van der Waals surface area contributed by atoms with Crippen LogP contribution in [0.1, 0.15) is 0 Å². The number of rotatable bonds is 6. The summed E-state index contributed by atoms with van der Waals surface area (Å²) in [6, 6.07) is 42.0. The maximum Gasteiger partial charge on any atom is 0.209 e. The van der Waals surface area contributed by atoms with E-state index in [9.17, 15) is 0 Å². The Morgan fingerprint density at radius 1 is 0.379 bits per heavy atom. The molecule has 0 aliphatic carbocycles. The van der Waals surface area contributed by atoms with Gasteiger partial charge in [-0.1, -0.05) is 72.8 Å². The lowest BCUT2D eigenvalue weighted by atomic mass is 10.4. The summed E-state index contributed by atoms with van der Waals surface area (Å²) in [6.07, 6.45) is 0. The van der Waals surface area contributed by atoms with Gasteiger partial charge in [-0.3, -0.25) is 0 Å². The molecule has 0 fully saturated rings. The molecule has 0 spiro atoms. The zero-order valence-corrected chi connectivity index (χ0v) is 18.1. The van der Waals surface area contributed by atoms with Crippen molar-refractivity contribution in [1.29, 1.82) is 0 Å². The molecule has 0 radical (unpaired) electrons. The molecule has 4 heteroatoms. The van der Waals surface area contributed by atoms with Crippen LogP contribution in [0.5, 0.6) is 0 Å². The third kappa shape index (κ3) is 4.04. The first-order valence-corrected chi connectivity index (χ1v) is 13.8. The lowest BCUT2D eigenvalue weighted by Gasteiger charge is -2.28. The quantitative estimate of drug-likeness (QED) is 0.467. The standard InChI is InChI=1S/C25H26N2P2/c26-28(22-13-5-1-6-14-22,23-15-7-2-8-16-23)21-29(27,24-17-9-3-10-18-24)25-19-11-4-12-20-25/h1-20H,21,26-27H2/q+2. The van der Waals surface area contributed by atoms with Crippen LogP contribution in [0.4, 0.5) is 0 Å². The monoisotopic (exact) mass is 416 g/mol. The zero-order valence-electron chi connectivity index (χ0n) is 16.3. The summed E-state index contributed by atoms with van der Waals surface area (Å²) in [4.78, 5) is 0. The molecule has 4 aromatic rings. The van der Waals surface area contributed by atoms with Gasteiger partial charge in [0.2, 0.25) is 5.90 Å². The van der Waals surface area contributed by atoms with E-state index in [2.05, 4.69) is 97.1 Å². The van der Waals surface area contributed by atoms with Gasteiger partial charge in [-0.05, 0) is 48.5 Å². The van der Waals surface area contributed by atoms with E-state index in [1.807, 2.05) is 24.3 Å². The van der Waals surface area contributed by atoms with Crippen molar-refractivity contribution in [3.8, 4) is 0 Å². The molecule has 4 aromatic carbocycles. The van der Waals surface area contributed by atoms with Crippen molar-refractivity contribution < 1.29 is 0 Å². The predicted octanol–water partition coefficient (Wildman–Crippen LogP) is 4.03. The SMILES string of the molecule is N[P+](C[P+](N)(c1ccccc1)c1ccccc1)(c1ccccc1)c1ccccc1. The van der Waals surface area contributed by atoms with Gasteiger partial charge in [-0.25, -0.2) is 0 Å². The van der Waals surface area contributed by atoms with E-state index < -0.39 is 14.8 Å². The highest BCUT2D eigenvalue weighted by Gasteiger charge is 2.54. The minimum atomic E-state index is -2.20. The smallest absolute Gasteiger partial charge is 0.193 e. The van der Waals surface area contributed by atoms with Crippen LogP contribution >= 0.6 is 14.8 Å². The lowest BCUT2D eigenvalue weighted by Crippen LogP contribution is -2.39. The summed E-state index contributed by atoms with van der Waals surface area (Å²) in [5.41, 5.74) is 14.7. The lowest BCUT2D eigenvalue weighted by molar-refractivity contribution is 1.64. The predicted molar refractivity (Wildman–Crippen MR) is 131 cm³/mol. The minimum Gasteiger partial charge on any atom is -0.193 e. The van der Waals surface area contributed by atoms with Crippen LogP contribution in [0.25, 0.3) is 0 Å². The molecule has 0 atom stereocenters. The number of hydrogen-bond acceptors (Lipinski definition) is 2. The Morgan fingerprint density at radius 2 is 0.586 bits per heavy atom. The second kappa shape index (κ2) is 8.57. The fraction of sp³-hybridized carbons (Fsp3) is 0.0400. The Balaban J connectivity index is 1.91. The second-order valence-corrected chi connectivity index (χ2v) is 13.9. The summed E-state index contributed by atoms with van der Waals surface area (Å²) < 4.78 is 0. The van der Waals surface area contributed by atoms with E-state index in [1.54, 1.807) is 0 Å². The van der Waals surface area contributed by atoms with E-state index in [-0.39, 0.29) is 0 Å².